The molecule has 0 unspecified atom stereocenters. The number of aryl methyl sites for hydroxylation is 1. The number of nitrogens with two attached hydrogens (primary N) is 1. The van der Waals surface area contributed by atoms with E-state index in [2.05, 4.69) is 36.2 Å². The Morgan fingerprint density at radius 2 is 1.95 bits per heavy atom. The number of para-hydroxylation sites is 1. The molecular formula is C26H29N9O2. The smallest absolute Gasteiger partial charge is 0.320 e. The molecule has 0 aliphatic carbocycles. The minimum atomic E-state index is 0.0749. The van der Waals surface area contributed by atoms with Crippen molar-refractivity contribution in [2.45, 2.75) is 13.5 Å². The second-order valence-corrected chi connectivity index (χ2v) is 8.26. The van der Waals surface area contributed by atoms with Crippen LogP contribution in [-0.2, 0) is 11.3 Å². The molecule has 1 aliphatic heterocycles. The van der Waals surface area contributed by atoms with Crippen LogP contribution < -0.4 is 15.4 Å². The molecule has 0 saturated carbocycles. The number of benzene rings is 2. The molecule has 190 valence electrons. The third-order valence-electron chi connectivity index (χ3n) is 5.47. The number of guanidine groups is 1. The molecule has 0 spiro atoms. The molecule has 0 radical (unpaired) electrons. The molecule has 1 saturated heterocycles. The van der Waals surface area contributed by atoms with Gasteiger partial charge in [-0.15, -0.1) is 5.11 Å². The second-order valence-electron chi connectivity index (χ2n) is 8.26. The maximum absolute atomic E-state index is 9.52. The van der Waals surface area contributed by atoms with E-state index in [0.717, 1.165) is 5.56 Å². The third kappa shape index (κ3) is 7.71. The maximum Gasteiger partial charge on any atom is 0.320 e. The van der Waals surface area contributed by atoms with Crippen LogP contribution in [0.2, 0.25) is 0 Å². The van der Waals surface area contributed by atoms with Gasteiger partial charge in [-0.3, -0.25) is 0 Å². The van der Waals surface area contributed by atoms with Gasteiger partial charge in [0.25, 0.3) is 0 Å². The zero-order valence-electron chi connectivity index (χ0n) is 20.7. The van der Waals surface area contributed by atoms with E-state index >= 15 is 0 Å². The molecule has 2 aromatic carbocycles. The van der Waals surface area contributed by atoms with Gasteiger partial charge in [0.2, 0.25) is 5.96 Å². The third-order valence-corrected chi connectivity index (χ3v) is 5.47. The largest absolute Gasteiger partial charge is 0.461 e. The second kappa shape index (κ2) is 12.9. The number of nitrogens with zero attached hydrogens (tertiary/aromatic N) is 8. The van der Waals surface area contributed by atoms with Gasteiger partial charge in [0.05, 0.1) is 32.0 Å². The summed E-state index contributed by atoms with van der Waals surface area (Å²) in [5.41, 5.74) is 8.91. The molecule has 2 N–H and O–H groups in total. The van der Waals surface area contributed by atoms with Crippen LogP contribution in [0.25, 0.3) is 0 Å². The minimum absolute atomic E-state index is 0.0749. The molecule has 37 heavy (non-hydrogen) atoms. The predicted molar refractivity (Wildman–Crippen MR) is 140 cm³/mol. The highest BCUT2D eigenvalue weighted by Gasteiger charge is 2.16. The summed E-state index contributed by atoms with van der Waals surface area (Å²) in [5, 5.41) is 18.2. The first kappa shape index (κ1) is 25.5. The average Bonchev–Trinajstić information content (AvgIpc) is 2.92. The molecular weight excluding hydrogens is 470 g/mol. The Bertz CT molecular complexity index is 1270. The molecule has 3 aromatic rings. The normalized spacial score (nSPS) is 13.9. The van der Waals surface area contributed by atoms with Gasteiger partial charge in [0.1, 0.15) is 12.4 Å². The lowest BCUT2D eigenvalue weighted by Crippen LogP contribution is -2.37. The summed E-state index contributed by atoms with van der Waals surface area (Å²) in [6, 6.07) is 19.2. The minimum Gasteiger partial charge on any atom is -0.461 e. The van der Waals surface area contributed by atoms with Gasteiger partial charge in [-0.25, -0.2) is 9.89 Å². The molecule has 1 fully saturated rings. The van der Waals surface area contributed by atoms with Crippen molar-refractivity contribution in [3.63, 3.8) is 0 Å². The zero-order valence-corrected chi connectivity index (χ0v) is 20.7. The number of azo groups is 1. The Morgan fingerprint density at radius 1 is 1.14 bits per heavy atom. The van der Waals surface area contributed by atoms with Crippen LogP contribution in [-0.4, -0.2) is 60.3 Å². The molecule has 1 aliphatic rings. The quantitative estimate of drug-likeness (QED) is 0.155. The van der Waals surface area contributed by atoms with Crippen molar-refractivity contribution in [2.75, 3.05) is 44.4 Å². The number of hydrogen-bond donors (Lipinski definition) is 1. The van der Waals surface area contributed by atoms with Crippen molar-refractivity contribution >= 4 is 23.3 Å². The molecule has 4 rings (SSSR count). The monoisotopic (exact) mass is 499 g/mol. The number of ether oxygens (including phenoxy) is 2. The van der Waals surface area contributed by atoms with E-state index in [1.807, 2.05) is 49.5 Å². The van der Waals surface area contributed by atoms with Gasteiger partial charge in [-0.2, -0.15) is 20.3 Å². The maximum atomic E-state index is 9.52. The Hall–Kier alpha value is -4.56. The summed E-state index contributed by atoms with van der Waals surface area (Å²) in [7, 11) is 0. The van der Waals surface area contributed by atoms with Crippen molar-refractivity contribution in [2.24, 2.45) is 21.0 Å². The van der Waals surface area contributed by atoms with Crippen LogP contribution >= 0.6 is 0 Å². The fourth-order valence-electron chi connectivity index (χ4n) is 3.61. The summed E-state index contributed by atoms with van der Waals surface area (Å²) in [6.45, 7) is 5.39. The van der Waals surface area contributed by atoms with E-state index in [9.17, 15) is 5.26 Å². The van der Waals surface area contributed by atoms with Crippen molar-refractivity contribution in [3.05, 3.63) is 71.8 Å². The fraction of sp³-hybridized carbons (Fsp3) is 0.308. The zero-order chi connectivity index (χ0) is 25.9. The van der Waals surface area contributed by atoms with Crippen LogP contribution in [0.4, 0.5) is 17.3 Å². The van der Waals surface area contributed by atoms with E-state index in [-0.39, 0.29) is 25.1 Å². The number of nitriles is 1. The topological polar surface area (TPSA) is 138 Å². The van der Waals surface area contributed by atoms with Gasteiger partial charge < -0.3 is 20.1 Å². The van der Waals surface area contributed by atoms with Crippen LogP contribution in [0.3, 0.4) is 0 Å². The number of rotatable bonds is 9. The first-order chi connectivity index (χ1) is 18.1. The molecule has 0 amide bonds. The van der Waals surface area contributed by atoms with E-state index < -0.39 is 0 Å². The van der Waals surface area contributed by atoms with E-state index in [0.29, 0.717) is 50.2 Å². The van der Waals surface area contributed by atoms with Crippen LogP contribution in [0.5, 0.6) is 6.01 Å². The Morgan fingerprint density at radius 3 is 2.70 bits per heavy atom. The highest BCUT2D eigenvalue weighted by Crippen LogP contribution is 2.23. The molecule has 0 bridgehead atoms. The Labute approximate surface area is 215 Å². The van der Waals surface area contributed by atoms with E-state index in [1.54, 1.807) is 18.2 Å². The summed E-state index contributed by atoms with van der Waals surface area (Å²) in [4.78, 5) is 16.6. The van der Waals surface area contributed by atoms with Crippen molar-refractivity contribution < 1.29 is 9.47 Å². The standard InChI is InChI=1S/C26H29N9O2/c1-20-6-5-7-21(16-20)18-29-33-23-17-24(34-10-13-36-14-11-34)32-26(31-23)37-15-12-35(19-27)25(28)30-22-8-3-2-4-9-22/h2-9,16-17H,10-15,18H2,1H3,(H2,28,30). The molecule has 11 heteroatoms. The number of anilines is 1. The first-order valence-corrected chi connectivity index (χ1v) is 11.9. The predicted octanol–water partition coefficient (Wildman–Crippen LogP) is 3.71. The SMILES string of the molecule is Cc1cccc(CN=Nc2cc(N3CCOCC3)nc(OCCN(C#N)C(N)=Nc3ccccc3)n2)c1. The lowest BCUT2D eigenvalue weighted by molar-refractivity contribution is 0.122. The Balaban J connectivity index is 1.44. The molecule has 11 nitrogen and oxygen atoms in total. The number of morpholine rings is 1. The van der Waals surface area contributed by atoms with Crippen LogP contribution in [0.15, 0.2) is 75.9 Å². The number of aliphatic imine (C=N–C) groups is 1. The first-order valence-electron chi connectivity index (χ1n) is 11.9. The van der Waals surface area contributed by atoms with Crippen molar-refractivity contribution in [1.82, 2.24) is 14.9 Å². The van der Waals surface area contributed by atoms with Gasteiger partial charge >= 0.3 is 6.01 Å². The molecule has 1 aromatic heterocycles. The van der Waals surface area contributed by atoms with E-state index in [4.69, 9.17) is 15.2 Å². The lowest BCUT2D eigenvalue weighted by Gasteiger charge is -2.27. The Kier molecular flexibility index (Phi) is 8.93. The highest BCUT2D eigenvalue weighted by atomic mass is 16.5. The fourth-order valence-corrected chi connectivity index (χ4v) is 3.61. The van der Waals surface area contributed by atoms with Crippen LogP contribution in [0, 0.1) is 18.4 Å². The van der Waals surface area contributed by atoms with Crippen molar-refractivity contribution in [1.29, 1.82) is 5.26 Å². The number of hydrogen-bond acceptors (Lipinski definition) is 9. The van der Waals surface area contributed by atoms with Gasteiger partial charge in [0.15, 0.2) is 12.0 Å². The lowest BCUT2D eigenvalue weighted by atomic mass is 10.1. The summed E-state index contributed by atoms with van der Waals surface area (Å²) >= 11 is 0. The summed E-state index contributed by atoms with van der Waals surface area (Å²) < 4.78 is 11.3. The van der Waals surface area contributed by atoms with Gasteiger partial charge in [-0.1, -0.05) is 48.0 Å². The van der Waals surface area contributed by atoms with Crippen molar-refractivity contribution in [3.8, 4) is 12.2 Å². The molecule has 0 atom stereocenters. The van der Waals surface area contributed by atoms with Gasteiger partial charge in [-0.05, 0) is 24.6 Å². The van der Waals surface area contributed by atoms with E-state index in [1.165, 1.54) is 10.5 Å². The average molecular weight is 500 g/mol. The molecule has 2 heterocycles. The van der Waals surface area contributed by atoms with Gasteiger partial charge in [0, 0.05) is 19.2 Å². The highest BCUT2D eigenvalue weighted by molar-refractivity contribution is 5.82. The van der Waals surface area contributed by atoms with Crippen LogP contribution in [0.1, 0.15) is 11.1 Å². The number of aromatic nitrogens is 2. The summed E-state index contributed by atoms with van der Waals surface area (Å²) in [6.07, 6.45) is 2.03. The summed E-state index contributed by atoms with van der Waals surface area (Å²) in [5.74, 6) is 1.15.